The summed E-state index contributed by atoms with van der Waals surface area (Å²) in [5.74, 6) is -1.60. The first-order chi connectivity index (χ1) is 11.0. The predicted molar refractivity (Wildman–Crippen MR) is 81.6 cm³/mol. The quantitative estimate of drug-likeness (QED) is 0.459. The van der Waals surface area contributed by atoms with Crippen LogP contribution in [0.1, 0.15) is 11.1 Å². The summed E-state index contributed by atoms with van der Waals surface area (Å²) >= 11 is 0. The van der Waals surface area contributed by atoms with E-state index in [2.05, 4.69) is 5.32 Å². The second-order valence-corrected chi connectivity index (χ2v) is 4.73. The fourth-order valence-corrected chi connectivity index (χ4v) is 1.83. The molecule has 6 heteroatoms. The highest BCUT2D eigenvalue weighted by Gasteiger charge is 2.09. The van der Waals surface area contributed by atoms with Gasteiger partial charge in [-0.1, -0.05) is 18.2 Å². The maximum Gasteiger partial charge on any atom is 0.262 e. The Morgan fingerprint density at radius 1 is 1.17 bits per heavy atom. The highest BCUT2D eigenvalue weighted by molar-refractivity contribution is 6.01. The monoisotopic (exact) mass is 312 g/mol. The van der Waals surface area contributed by atoms with Crippen LogP contribution in [0.15, 0.2) is 48.0 Å². The van der Waals surface area contributed by atoms with Gasteiger partial charge in [-0.25, -0.2) is 4.39 Å². The lowest BCUT2D eigenvalue weighted by Gasteiger charge is -2.05. The van der Waals surface area contributed by atoms with E-state index in [9.17, 15) is 19.4 Å². The number of hydrogen-bond donors (Lipinski definition) is 3. The number of nitrogens with zero attached hydrogens (tertiary/aromatic N) is 1. The van der Waals surface area contributed by atoms with Crippen LogP contribution in [0.3, 0.4) is 0 Å². The van der Waals surface area contributed by atoms with Gasteiger partial charge in [0.1, 0.15) is 17.5 Å². The fourth-order valence-electron chi connectivity index (χ4n) is 1.83. The summed E-state index contributed by atoms with van der Waals surface area (Å²) in [6, 6.07) is 11.3. The topological polar surface area (TPSA) is 93.3 Å². The van der Waals surface area contributed by atoms with Gasteiger partial charge in [-0.05, 0) is 41.5 Å². The molecular formula is C17H13FN2O3. The van der Waals surface area contributed by atoms with Crippen molar-refractivity contribution in [3.8, 4) is 17.6 Å². The SMILES string of the molecule is N#CC(=Cc1ccc(O)c(O)c1)C(=O)NCc1ccc(F)cc1. The minimum absolute atomic E-state index is 0.152. The normalized spacial score (nSPS) is 10.9. The molecule has 2 aromatic carbocycles. The molecular weight excluding hydrogens is 299 g/mol. The van der Waals surface area contributed by atoms with Gasteiger partial charge in [0.15, 0.2) is 11.5 Å². The number of carbonyl (C=O) groups excluding carboxylic acids is 1. The van der Waals surface area contributed by atoms with Gasteiger partial charge < -0.3 is 15.5 Å². The van der Waals surface area contributed by atoms with Crippen molar-refractivity contribution < 1.29 is 19.4 Å². The van der Waals surface area contributed by atoms with Gasteiger partial charge in [0, 0.05) is 6.54 Å². The summed E-state index contributed by atoms with van der Waals surface area (Å²) < 4.78 is 12.8. The molecule has 2 aromatic rings. The Morgan fingerprint density at radius 2 is 1.87 bits per heavy atom. The summed E-state index contributed by atoms with van der Waals surface area (Å²) in [6.07, 6.45) is 1.29. The highest BCUT2D eigenvalue weighted by atomic mass is 19.1. The van der Waals surface area contributed by atoms with Gasteiger partial charge in [-0.15, -0.1) is 0 Å². The molecule has 0 fully saturated rings. The van der Waals surface area contributed by atoms with E-state index < -0.39 is 5.91 Å². The largest absolute Gasteiger partial charge is 0.504 e. The van der Waals surface area contributed by atoms with Crippen LogP contribution >= 0.6 is 0 Å². The van der Waals surface area contributed by atoms with Crippen LogP contribution in [-0.2, 0) is 11.3 Å². The van der Waals surface area contributed by atoms with E-state index in [1.807, 2.05) is 0 Å². The first-order valence-electron chi connectivity index (χ1n) is 6.66. The van der Waals surface area contributed by atoms with Crippen LogP contribution in [0, 0.1) is 17.1 Å². The second-order valence-electron chi connectivity index (χ2n) is 4.73. The van der Waals surface area contributed by atoms with Crippen LogP contribution in [0.4, 0.5) is 4.39 Å². The summed E-state index contributed by atoms with van der Waals surface area (Å²) in [7, 11) is 0. The van der Waals surface area contributed by atoms with E-state index in [4.69, 9.17) is 5.26 Å². The number of nitriles is 1. The van der Waals surface area contributed by atoms with Crippen molar-refractivity contribution >= 4 is 12.0 Å². The molecule has 0 saturated heterocycles. The number of amides is 1. The molecule has 23 heavy (non-hydrogen) atoms. The minimum atomic E-state index is -0.593. The van der Waals surface area contributed by atoms with E-state index in [0.717, 1.165) is 0 Å². The van der Waals surface area contributed by atoms with Crippen molar-refractivity contribution in [3.05, 3.63) is 65.0 Å². The molecule has 0 aliphatic carbocycles. The third kappa shape index (κ3) is 4.32. The molecule has 0 spiro atoms. The Kier molecular flexibility index (Phi) is 4.95. The first kappa shape index (κ1) is 16.0. The molecule has 0 heterocycles. The summed E-state index contributed by atoms with van der Waals surface area (Å²) in [5, 5.41) is 30.3. The fraction of sp³-hybridized carbons (Fsp3) is 0.0588. The molecule has 0 saturated carbocycles. The van der Waals surface area contributed by atoms with E-state index in [1.165, 1.54) is 48.5 Å². The molecule has 0 aliphatic heterocycles. The lowest BCUT2D eigenvalue weighted by molar-refractivity contribution is -0.117. The number of aromatic hydroxyl groups is 2. The molecule has 5 nitrogen and oxygen atoms in total. The van der Waals surface area contributed by atoms with Crippen LogP contribution < -0.4 is 5.32 Å². The minimum Gasteiger partial charge on any atom is -0.504 e. The molecule has 0 unspecified atom stereocenters. The molecule has 2 rings (SSSR count). The molecule has 0 bridgehead atoms. The molecule has 116 valence electrons. The maximum absolute atomic E-state index is 12.8. The molecule has 0 radical (unpaired) electrons. The standard InChI is InChI=1S/C17H13FN2O3/c18-14-4-1-11(2-5-14)10-20-17(23)13(9-19)7-12-3-6-15(21)16(22)8-12/h1-8,21-22H,10H2,(H,20,23). The maximum atomic E-state index is 12.8. The third-order valence-corrected chi connectivity index (χ3v) is 3.04. The molecule has 0 aliphatic rings. The van der Waals surface area contributed by atoms with E-state index in [-0.39, 0.29) is 29.4 Å². The molecule has 3 N–H and O–H groups in total. The zero-order valence-electron chi connectivity index (χ0n) is 12.0. The third-order valence-electron chi connectivity index (χ3n) is 3.04. The van der Waals surface area contributed by atoms with Gasteiger partial charge in [0.25, 0.3) is 5.91 Å². The number of phenols is 2. The first-order valence-corrected chi connectivity index (χ1v) is 6.66. The average molecular weight is 312 g/mol. The number of hydrogen-bond acceptors (Lipinski definition) is 4. The van der Waals surface area contributed by atoms with Crippen LogP contribution in [0.2, 0.25) is 0 Å². The zero-order chi connectivity index (χ0) is 16.8. The predicted octanol–water partition coefficient (Wildman–Crippen LogP) is 2.46. The number of carbonyl (C=O) groups is 1. The summed E-state index contributed by atoms with van der Waals surface area (Å²) in [6.45, 7) is 0.152. The number of phenolic OH excluding ortho intramolecular Hbond substituents is 2. The van der Waals surface area contributed by atoms with Crippen molar-refractivity contribution in [1.82, 2.24) is 5.32 Å². The van der Waals surface area contributed by atoms with Crippen molar-refractivity contribution in [3.63, 3.8) is 0 Å². The number of benzene rings is 2. The molecule has 1 amide bonds. The van der Waals surface area contributed by atoms with Crippen LogP contribution in [0.5, 0.6) is 11.5 Å². The molecule has 0 aromatic heterocycles. The zero-order valence-corrected chi connectivity index (χ0v) is 12.0. The second kappa shape index (κ2) is 7.09. The Labute approximate surface area is 131 Å². The van der Waals surface area contributed by atoms with Gasteiger partial charge in [0.05, 0.1) is 0 Å². The summed E-state index contributed by atoms with van der Waals surface area (Å²) in [4.78, 5) is 12.0. The van der Waals surface area contributed by atoms with Crippen molar-refractivity contribution in [2.24, 2.45) is 0 Å². The van der Waals surface area contributed by atoms with Crippen LogP contribution in [-0.4, -0.2) is 16.1 Å². The van der Waals surface area contributed by atoms with Crippen molar-refractivity contribution in [2.75, 3.05) is 0 Å². The van der Waals surface area contributed by atoms with Gasteiger partial charge in [-0.2, -0.15) is 5.26 Å². The van der Waals surface area contributed by atoms with E-state index in [1.54, 1.807) is 6.07 Å². The summed E-state index contributed by atoms with van der Waals surface area (Å²) in [5.41, 5.74) is 0.935. The van der Waals surface area contributed by atoms with E-state index in [0.29, 0.717) is 11.1 Å². The Balaban J connectivity index is 2.08. The Morgan fingerprint density at radius 3 is 2.48 bits per heavy atom. The number of halogens is 1. The Bertz CT molecular complexity index is 792. The molecule has 0 atom stereocenters. The average Bonchev–Trinajstić information content (AvgIpc) is 2.55. The lowest BCUT2D eigenvalue weighted by Crippen LogP contribution is -2.23. The van der Waals surface area contributed by atoms with Gasteiger partial charge >= 0.3 is 0 Å². The van der Waals surface area contributed by atoms with Crippen molar-refractivity contribution in [1.29, 1.82) is 5.26 Å². The van der Waals surface area contributed by atoms with Crippen molar-refractivity contribution in [2.45, 2.75) is 6.54 Å². The number of nitrogens with one attached hydrogen (secondary N) is 1. The Hall–Kier alpha value is -3.33. The number of rotatable bonds is 4. The lowest BCUT2D eigenvalue weighted by atomic mass is 10.1. The smallest absolute Gasteiger partial charge is 0.262 e. The van der Waals surface area contributed by atoms with Gasteiger partial charge in [-0.3, -0.25) is 4.79 Å². The van der Waals surface area contributed by atoms with Crippen LogP contribution in [0.25, 0.3) is 6.08 Å². The van der Waals surface area contributed by atoms with E-state index >= 15 is 0 Å². The van der Waals surface area contributed by atoms with Gasteiger partial charge in [0.2, 0.25) is 0 Å². The highest BCUT2D eigenvalue weighted by Crippen LogP contribution is 2.25.